The molecule has 4 nitrogen and oxygen atoms in total. The fourth-order valence-corrected chi connectivity index (χ4v) is 3.31. The first kappa shape index (κ1) is 12.9. The van der Waals surface area contributed by atoms with E-state index in [2.05, 4.69) is 9.88 Å². The highest BCUT2D eigenvalue weighted by Gasteiger charge is 2.47. The number of hydrogen-bond donors (Lipinski definition) is 1. The molecule has 3 rings (SSSR count). The third-order valence-corrected chi connectivity index (χ3v) is 4.85. The maximum absolute atomic E-state index is 9.92. The quantitative estimate of drug-likeness (QED) is 0.902. The van der Waals surface area contributed by atoms with Crippen LogP contribution in [0, 0.1) is 5.41 Å². The van der Waals surface area contributed by atoms with Crippen LogP contribution in [0.3, 0.4) is 0 Å². The number of nitrogens with zero attached hydrogens (tertiary/aromatic N) is 2. The summed E-state index contributed by atoms with van der Waals surface area (Å²) >= 11 is 0. The molecule has 4 heteroatoms. The third-order valence-electron chi connectivity index (χ3n) is 4.85. The van der Waals surface area contributed by atoms with Crippen molar-refractivity contribution in [3.05, 3.63) is 23.9 Å². The number of likely N-dealkylation sites (tertiary alicyclic amines) is 1. The SMILES string of the molecule is COc1cccc(CN2CCC3(CCC3O)CC2)n1. The first-order chi connectivity index (χ1) is 9.22. The van der Waals surface area contributed by atoms with Gasteiger partial charge < -0.3 is 9.84 Å². The molecule has 1 aromatic rings. The summed E-state index contributed by atoms with van der Waals surface area (Å²) in [5.41, 5.74) is 1.31. The van der Waals surface area contributed by atoms with E-state index < -0.39 is 0 Å². The molecule has 0 aromatic carbocycles. The molecule has 1 N–H and O–H groups in total. The van der Waals surface area contributed by atoms with Gasteiger partial charge in [-0.2, -0.15) is 0 Å². The van der Waals surface area contributed by atoms with Gasteiger partial charge in [0.2, 0.25) is 5.88 Å². The number of aromatic nitrogens is 1. The number of pyridine rings is 1. The molecule has 1 aliphatic heterocycles. The lowest BCUT2D eigenvalue weighted by Crippen LogP contribution is -2.51. The number of aliphatic hydroxyl groups is 1. The zero-order valence-electron chi connectivity index (χ0n) is 11.5. The summed E-state index contributed by atoms with van der Waals surface area (Å²) in [5.74, 6) is 0.681. The van der Waals surface area contributed by atoms with Gasteiger partial charge in [-0.1, -0.05) is 6.07 Å². The molecule has 1 saturated heterocycles. The number of rotatable bonds is 3. The van der Waals surface area contributed by atoms with Crippen LogP contribution in [0.25, 0.3) is 0 Å². The van der Waals surface area contributed by atoms with Gasteiger partial charge in [0, 0.05) is 12.6 Å². The summed E-state index contributed by atoms with van der Waals surface area (Å²) in [6, 6.07) is 5.91. The van der Waals surface area contributed by atoms with Gasteiger partial charge in [0.25, 0.3) is 0 Å². The Bertz CT molecular complexity index is 442. The molecule has 1 unspecified atom stereocenters. The second-order valence-electron chi connectivity index (χ2n) is 5.86. The maximum atomic E-state index is 9.92. The highest BCUT2D eigenvalue weighted by molar-refractivity contribution is 5.15. The zero-order chi connectivity index (χ0) is 13.3. The molecule has 1 aromatic heterocycles. The lowest BCUT2D eigenvalue weighted by molar-refractivity contribution is -0.100. The second-order valence-corrected chi connectivity index (χ2v) is 5.86. The summed E-state index contributed by atoms with van der Waals surface area (Å²) in [6.45, 7) is 3.01. The van der Waals surface area contributed by atoms with E-state index in [4.69, 9.17) is 4.74 Å². The molecule has 1 aliphatic carbocycles. The van der Waals surface area contributed by atoms with Crippen LogP contribution in [0.15, 0.2) is 18.2 Å². The second kappa shape index (κ2) is 5.10. The molecule has 19 heavy (non-hydrogen) atoms. The van der Waals surface area contributed by atoms with Crippen molar-refractivity contribution in [2.24, 2.45) is 5.41 Å². The minimum Gasteiger partial charge on any atom is -0.481 e. The molecule has 104 valence electrons. The van der Waals surface area contributed by atoms with E-state index in [1.807, 2.05) is 18.2 Å². The van der Waals surface area contributed by atoms with Gasteiger partial charge in [0.15, 0.2) is 0 Å². The average molecular weight is 262 g/mol. The third kappa shape index (κ3) is 2.47. The van der Waals surface area contributed by atoms with Crippen molar-refractivity contribution in [2.45, 2.75) is 38.3 Å². The minimum atomic E-state index is -0.0513. The fourth-order valence-electron chi connectivity index (χ4n) is 3.31. The Morgan fingerprint density at radius 2 is 2.16 bits per heavy atom. The largest absolute Gasteiger partial charge is 0.481 e. The standard InChI is InChI=1S/C15H22N2O2/c1-19-14-4-2-3-12(16-14)11-17-9-7-15(8-10-17)6-5-13(15)18/h2-4,13,18H,5-11H2,1H3. The Morgan fingerprint density at radius 1 is 1.37 bits per heavy atom. The van der Waals surface area contributed by atoms with Crippen LogP contribution >= 0.6 is 0 Å². The minimum absolute atomic E-state index is 0.0513. The topological polar surface area (TPSA) is 45.6 Å². The van der Waals surface area contributed by atoms with Crippen molar-refractivity contribution >= 4 is 0 Å². The van der Waals surface area contributed by atoms with Crippen molar-refractivity contribution in [2.75, 3.05) is 20.2 Å². The summed E-state index contributed by atoms with van der Waals surface area (Å²) in [5, 5.41) is 9.92. The van der Waals surface area contributed by atoms with E-state index >= 15 is 0 Å². The van der Waals surface area contributed by atoms with Crippen molar-refractivity contribution in [3.8, 4) is 5.88 Å². The average Bonchev–Trinajstić information content (AvgIpc) is 2.47. The van der Waals surface area contributed by atoms with Gasteiger partial charge >= 0.3 is 0 Å². The predicted octanol–water partition coefficient (Wildman–Crippen LogP) is 1.83. The fraction of sp³-hybridized carbons (Fsp3) is 0.667. The Labute approximate surface area is 114 Å². The van der Waals surface area contributed by atoms with Crippen LogP contribution in [0.4, 0.5) is 0 Å². The number of aliphatic hydroxyl groups excluding tert-OH is 1. The van der Waals surface area contributed by atoms with E-state index in [-0.39, 0.29) is 11.5 Å². The predicted molar refractivity (Wildman–Crippen MR) is 73.0 cm³/mol. The van der Waals surface area contributed by atoms with E-state index in [1.165, 1.54) is 6.42 Å². The lowest BCUT2D eigenvalue weighted by atomic mass is 9.61. The van der Waals surface area contributed by atoms with Crippen molar-refractivity contribution in [3.63, 3.8) is 0 Å². The van der Waals surface area contributed by atoms with Crippen LogP contribution in [0.2, 0.25) is 0 Å². The van der Waals surface area contributed by atoms with Gasteiger partial charge in [0.1, 0.15) is 0 Å². The molecule has 0 radical (unpaired) electrons. The van der Waals surface area contributed by atoms with E-state index in [0.29, 0.717) is 5.88 Å². The molecule has 2 fully saturated rings. The first-order valence-electron chi connectivity index (χ1n) is 7.12. The molecule has 1 saturated carbocycles. The summed E-state index contributed by atoms with van der Waals surface area (Å²) < 4.78 is 5.16. The summed E-state index contributed by atoms with van der Waals surface area (Å²) in [4.78, 5) is 6.89. The number of piperidine rings is 1. The van der Waals surface area contributed by atoms with Crippen molar-refractivity contribution in [1.29, 1.82) is 0 Å². The van der Waals surface area contributed by atoms with Crippen LogP contribution in [-0.4, -0.2) is 41.3 Å². The molecule has 1 spiro atoms. The summed E-state index contributed by atoms with van der Waals surface area (Å²) in [7, 11) is 1.65. The molecule has 1 atom stereocenters. The van der Waals surface area contributed by atoms with Crippen LogP contribution in [0.1, 0.15) is 31.4 Å². The smallest absolute Gasteiger partial charge is 0.213 e. The molecule has 0 amide bonds. The van der Waals surface area contributed by atoms with Crippen LogP contribution in [0.5, 0.6) is 5.88 Å². The Balaban J connectivity index is 1.57. The normalized spacial score (nSPS) is 26.1. The van der Waals surface area contributed by atoms with Gasteiger partial charge in [-0.05, 0) is 50.3 Å². The van der Waals surface area contributed by atoms with E-state index in [1.54, 1.807) is 7.11 Å². The molecular formula is C15H22N2O2. The Hall–Kier alpha value is -1.13. The first-order valence-corrected chi connectivity index (χ1v) is 7.12. The summed E-state index contributed by atoms with van der Waals surface area (Å²) in [6.07, 6.45) is 4.40. The van der Waals surface area contributed by atoms with Gasteiger partial charge in [-0.3, -0.25) is 4.90 Å². The van der Waals surface area contributed by atoms with Crippen molar-refractivity contribution in [1.82, 2.24) is 9.88 Å². The highest BCUT2D eigenvalue weighted by atomic mass is 16.5. The van der Waals surface area contributed by atoms with Crippen LogP contribution in [-0.2, 0) is 6.54 Å². The highest BCUT2D eigenvalue weighted by Crippen LogP contribution is 2.49. The van der Waals surface area contributed by atoms with E-state index in [0.717, 1.165) is 44.6 Å². The van der Waals surface area contributed by atoms with Crippen molar-refractivity contribution < 1.29 is 9.84 Å². The van der Waals surface area contributed by atoms with Crippen LogP contribution < -0.4 is 4.74 Å². The van der Waals surface area contributed by atoms with Gasteiger partial charge in [-0.15, -0.1) is 0 Å². The maximum Gasteiger partial charge on any atom is 0.213 e. The monoisotopic (exact) mass is 262 g/mol. The molecule has 2 heterocycles. The number of hydrogen-bond acceptors (Lipinski definition) is 4. The van der Waals surface area contributed by atoms with E-state index in [9.17, 15) is 5.11 Å². The van der Waals surface area contributed by atoms with Gasteiger partial charge in [-0.25, -0.2) is 4.98 Å². The molecule has 0 bridgehead atoms. The number of ether oxygens (including phenoxy) is 1. The lowest BCUT2D eigenvalue weighted by Gasteiger charge is -2.51. The van der Waals surface area contributed by atoms with Gasteiger partial charge in [0.05, 0.1) is 18.9 Å². The Kier molecular flexibility index (Phi) is 3.46. The molecule has 2 aliphatic rings. The molecular weight excluding hydrogens is 240 g/mol. The number of methoxy groups -OCH3 is 1. The zero-order valence-corrected chi connectivity index (χ0v) is 11.5. The Morgan fingerprint density at radius 3 is 2.74 bits per heavy atom.